The molecule has 0 spiro atoms. The van der Waals surface area contributed by atoms with Crippen molar-refractivity contribution in [2.75, 3.05) is 4.90 Å². The van der Waals surface area contributed by atoms with Crippen LogP contribution in [0.1, 0.15) is 0 Å². The summed E-state index contributed by atoms with van der Waals surface area (Å²) in [5, 5.41) is 8.87. The van der Waals surface area contributed by atoms with Crippen LogP contribution in [0.2, 0.25) is 0 Å². The van der Waals surface area contributed by atoms with Gasteiger partial charge in [0.15, 0.2) is 5.58 Å². The Labute approximate surface area is 356 Å². The van der Waals surface area contributed by atoms with Gasteiger partial charge in [0, 0.05) is 54.5 Å². The fraction of sp³-hybridized carbons (Fsp3) is 0. The van der Waals surface area contributed by atoms with Gasteiger partial charge < -0.3 is 18.3 Å². The van der Waals surface area contributed by atoms with Crippen LogP contribution >= 0.6 is 0 Å². The van der Waals surface area contributed by atoms with Gasteiger partial charge in [-0.15, -0.1) is 0 Å². The Balaban J connectivity index is 1.08. The van der Waals surface area contributed by atoms with Crippen molar-refractivity contribution < 1.29 is 8.83 Å². The molecule has 3 heterocycles. The zero-order valence-electron chi connectivity index (χ0n) is 33.5. The molecule has 4 nitrogen and oxygen atoms in total. The lowest BCUT2D eigenvalue weighted by Crippen LogP contribution is -2.11. The molecule has 62 heavy (non-hydrogen) atoms. The average Bonchev–Trinajstić information content (AvgIpc) is 4.02. The lowest BCUT2D eigenvalue weighted by atomic mass is 9.96. The SMILES string of the molecule is c1ccc(-c2ccc(N(c3cc4c(oc5cccc(-c6ccc7c(c6)c6ccccc6n7-c6ccccc6)c54)c4ccccc34)c3cccc4c3oc3ccccc34)cc2)cc1. The van der Waals surface area contributed by atoms with E-state index >= 15 is 0 Å². The minimum atomic E-state index is 0.839. The third-order valence-corrected chi connectivity index (χ3v) is 12.6. The second kappa shape index (κ2) is 13.6. The molecule has 10 aromatic carbocycles. The fourth-order valence-corrected chi connectivity index (χ4v) is 9.80. The number of nitrogens with zero attached hydrogens (tertiary/aromatic N) is 2. The van der Waals surface area contributed by atoms with E-state index in [0.717, 1.165) is 94.1 Å². The van der Waals surface area contributed by atoms with E-state index in [4.69, 9.17) is 8.83 Å². The highest BCUT2D eigenvalue weighted by Gasteiger charge is 2.25. The van der Waals surface area contributed by atoms with E-state index in [1.807, 2.05) is 6.07 Å². The Bertz CT molecular complexity index is 3860. The van der Waals surface area contributed by atoms with Crippen LogP contribution in [0.5, 0.6) is 0 Å². The molecule has 4 heteroatoms. The first kappa shape index (κ1) is 34.5. The third kappa shape index (κ3) is 5.20. The zero-order chi connectivity index (χ0) is 40.7. The van der Waals surface area contributed by atoms with E-state index in [9.17, 15) is 0 Å². The molecule has 13 rings (SSSR count). The molecule has 0 saturated heterocycles. The van der Waals surface area contributed by atoms with Crippen molar-refractivity contribution in [3.05, 3.63) is 218 Å². The van der Waals surface area contributed by atoms with Crippen LogP contribution in [0.4, 0.5) is 17.1 Å². The van der Waals surface area contributed by atoms with Crippen molar-refractivity contribution in [1.29, 1.82) is 0 Å². The van der Waals surface area contributed by atoms with Crippen LogP contribution in [-0.4, -0.2) is 4.57 Å². The quantitative estimate of drug-likeness (QED) is 0.168. The number of benzene rings is 10. The molecule has 0 radical (unpaired) electrons. The first-order chi connectivity index (χ1) is 30.8. The smallest absolute Gasteiger partial charge is 0.159 e. The number of rotatable bonds is 6. The van der Waals surface area contributed by atoms with E-state index in [1.54, 1.807) is 0 Å². The lowest BCUT2D eigenvalue weighted by molar-refractivity contribution is 0.669. The number of hydrogen-bond acceptors (Lipinski definition) is 3. The molecule has 0 unspecified atom stereocenters. The number of aromatic nitrogens is 1. The number of fused-ring (bicyclic) bond motifs is 11. The van der Waals surface area contributed by atoms with E-state index < -0.39 is 0 Å². The summed E-state index contributed by atoms with van der Waals surface area (Å²) in [6.45, 7) is 0. The first-order valence-corrected chi connectivity index (χ1v) is 21.1. The predicted molar refractivity (Wildman–Crippen MR) is 258 cm³/mol. The van der Waals surface area contributed by atoms with Crippen LogP contribution in [0, 0.1) is 0 Å². The molecular weight excluding hydrogens is 757 g/mol. The van der Waals surface area contributed by atoms with Gasteiger partial charge >= 0.3 is 0 Å². The van der Waals surface area contributed by atoms with E-state index in [-0.39, 0.29) is 0 Å². The van der Waals surface area contributed by atoms with Gasteiger partial charge in [0.25, 0.3) is 0 Å². The first-order valence-electron chi connectivity index (χ1n) is 21.1. The molecule has 0 N–H and O–H groups in total. The zero-order valence-corrected chi connectivity index (χ0v) is 33.5. The summed E-state index contributed by atoms with van der Waals surface area (Å²) >= 11 is 0. The summed E-state index contributed by atoms with van der Waals surface area (Å²) < 4.78 is 16.1. The maximum Gasteiger partial charge on any atom is 0.159 e. The molecular formula is C58H36N2O2. The normalized spacial score (nSPS) is 11.9. The van der Waals surface area contributed by atoms with Crippen molar-refractivity contribution in [2.24, 2.45) is 0 Å². The topological polar surface area (TPSA) is 34.5 Å². The molecule has 0 fully saturated rings. The molecule has 0 aliphatic heterocycles. The molecule has 3 aromatic heterocycles. The van der Waals surface area contributed by atoms with Gasteiger partial charge in [-0.2, -0.15) is 0 Å². The summed E-state index contributed by atoms with van der Waals surface area (Å²) in [6, 6.07) is 77.8. The minimum Gasteiger partial charge on any atom is -0.455 e. The van der Waals surface area contributed by atoms with Gasteiger partial charge in [-0.25, -0.2) is 0 Å². The Kier molecular flexibility index (Phi) is 7.57. The highest BCUT2D eigenvalue weighted by molar-refractivity contribution is 6.23. The Morgan fingerprint density at radius 2 is 0.935 bits per heavy atom. The van der Waals surface area contributed by atoms with Crippen molar-refractivity contribution >= 4 is 93.5 Å². The standard InChI is InChI=1S/C58H36N2O2/c1-3-15-37(16-4-1)38-29-32-41(33-30-38)60(52-26-13-24-47-45-21-10-12-27-54(45)61-58(47)52)53-36-49-56-42(23-14-28-55(56)62-57(49)46-22-8-7-19-43(46)53)39-31-34-51-48(35-39)44-20-9-11-25-50(44)59(51)40-17-5-2-6-18-40/h1-36H. The van der Waals surface area contributed by atoms with Gasteiger partial charge in [-0.3, -0.25) is 0 Å². The maximum absolute atomic E-state index is 6.93. The molecule has 13 aromatic rings. The van der Waals surface area contributed by atoms with Crippen LogP contribution in [-0.2, 0) is 0 Å². The number of anilines is 3. The number of furan rings is 2. The second-order valence-electron chi connectivity index (χ2n) is 16.0. The summed E-state index contributed by atoms with van der Waals surface area (Å²) in [5.41, 5.74) is 14.5. The van der Waals surface area contributed by atoms with Gasteiger partial charge in [0.2, 0.25) is 0 Å². The largest absolute Gasteiger partial charge is 0.455 e. The van der Waals surface area contributed by atoms with E-state index in [1.165, 1.54) is 27.4 Å². The molecule has 0 atom stereocenters. The van der Waals surface area contributed by atoms with Crippen molar-refractivity contribution in [1.82, 2.24) is 4.57 Å². The van der Waals surface area contributed by atoms with Crippen molar-refractivity contribution in [3.8, 4) is 27.9 Å². The van der Waals surface area contributed by atoms with Crippen LogP contribution in [0.25, 0.3) is 104 Å². The molecule has 0 aliphatic rings. The lowest BCUT2D eigenvalue weighted by Gasteiger charge is -2.27. The molecule has 0 bridgehead atoms. The van der Waals surface area contributed by atoms with Crippen LogP contribution < -0.4 is 4.90 Å². The Hall–Kier alpha value is -8.34. The van der Waals surface area contributed by atoms with Gasteiger partial charge in [-0.05, 0) is 89.0 Å². The highest BCUT2D eigenvalue weighted by atomic mass is 16.3. The molecule has 290 valence electrons. The van der Waals surface area contributed by atoms with Crippen molar-refractivity contribution in [2.45, 2.75) is 0 Å². The third-order valence-electron chi connectivity index (χ3n) is 12.6. The Morgan fingerprint density at radius 1 is 0.339 bits per heavy atom. The summed E-state index contributed by atoms with van der Waals surface area (Å²) in [6.07, 6.45) is 0. The highest BCUT2D eigenvalue weighted by Crippen LogP contribution is 2.49. The van der Waals surface area contributed by atoms with E-state index in [2.05, 4.69) is 222 Å². The van der Waals surface area contributed by atoms with Crippen LogP contribution in [0.3, 0.4) is 0 Å². The summed E-state index contributed by atoms with van der Waals surface area (Å²) in [5.74, 6) is 0. The number of para-hydroxylation sites is 4. The Morgan fingerprint density at radius 3 is 1.77 bits per heavy atom. The van der Waals surface area contributed by atoms with Crippen LogP contribution in [0.15, 0.2) is 227 Å². The molecule has 0 saturated carbocycles. The monoisotopic (exact) mass is 792 g/mol. The summed E-state index contributed by atoms with van der Waals surface area (Å²) in [7, 11) is 0. The fourth-order valence-electron chi connectivity index (χ4n) is 9.80. The average molecular weight is 793 g/mol. The predicted octanol–water partition coefficient (Wildman–Crippen LogP) is 16.5. The molecule has 0 aliphatic carbocycles. The number of hydrogen-bond donors (Lipinski definition) is 0. The van der Waals surface area contributed by atoms with Gasteiger partial charge in [-0.1, -0.05) is 152 Å². The van der Waals surface area contributed by atoms with E-state index in [0.29, 0.717) is 0 Å². The minimum absolute atomic E-state index is 0.839. The molecule has 0 amide bonds. The summed E-state index contributed by atoms with van der Waals surface area (Å²) in [4.78, 5) is 2.37. The van der Waals surface area contributed by atoms with Crippen molar-refractivity contribution in [3.63, 3.8) is 0 Å². The second-order valence-corrected chi connectivity index (χ2v) is 16.0. The van der Waals surface area contributed by atoms with Gasteiger partial charge in [0.1, 0.15) is 16.7 Å². The van der Waals surface area contributed by atoms with Gasteiger partial charge in [0.05, 0.1) is 22.4 Å². The maximum atomic E-state index is 6.93.